The molecule has 1 amide bonds. The molecule has 0 heterocycles. The lowest BCUT2D eigenvalue weighted by Crippen LogP contribution is -2.23. The van der Waals surface area contributed by atoms with Crippen LogP contribution in [0.1, 0.15) is 16.7 Å². The quantitative estimate of drug-likeness (QED) is 0.882. The van der Waals surface area contributed by atoms with Gasteiger partial charge in [0.15, 0.2) is 0 Å². The number of carbonyl (C=O) groups excluding carboxylic acids is 1. The molecule has 2 nitrogen and oxygen atoms in total. The van der Waals surface area contributed by atoms with Crippen LogP contribution in [0.5, 0.6) is 0 Å². The molecule has 1 aliphatic rings. The van der Waals surface area contributed by atoms with Crippen molar-refractivity contribution in [2.24, 2.45) is 5.92 Å². The van der Waals surface area contributed by atoms with E-state index in [4.69, 9.17) is 0 Å². The maximum Gasteiger partial charge on any atom is 0.228 e. The van der Waals surface area contributed by atoms with Crippen LogP contribution >= 0.6 is 15.9 Å². The number of halogens is 1. The van der Waals surface area contributed by atoms with Crippen molar-refractivity contribution in [3.8, 4) is 0 Å². The lowest BCUT2D eigenvalue weighted by molar-refractivity contribution is -0.119. The predicted octanol–water partition coefficient (Wildman–Crippen LogP) is 4.11. The van der Waals surface area contributed by atoms with Crippen LogP contribution in [0.15, 0.2) is 46.9 Å². The van der Waals surface area contributed by atoms with E-state index in [9.17, 15) is 4.79 Å². The smallest absolute Gasteiger partial charge is 0.228 e. The third-order valence-electron chi connectivity index (χ3n) is 3.79. The van der Waals surface area contributed by atoms with E-state index in [0.29, 0.717) is 0 Å². The monoisotopic (exact) mass is 329 g/mol. The van der Waals surface area contributed by atoms with E-state index >= 15 is 0 Å². The highest BCUT2D eigenvalue weighted by Crippen LogP contribution is 2.30. The number of nitrogens with one attached hydrogen (secondary N) is 1. The molecule has 0 saturated carbocycles. The van der Waals surface area contributed by atoms with Crippen molar-refractivity contribution in [1.29, 1.82) is 0 Å². The molecule has 1 atom stereocenters. The van der Waals surface area contributed by atoms with E-state index in [1.54, 1.807) is 0 Å². The zero-order valence-electron chi connectivity index (χ0n) is 11.3. The second-order valence-corrected chi connectivity index (χ2v) is 6.29. The first kappa shape index (κ1) is 13.4. The highest BCUT2D eigenvalue weighted by molar-refractivity contribution is 9.10. The summed E-state index contributed by atoms with van der Waals surface area (Å²) in [5.41, 5.74) is 4.64. The summed E-state index contributed by atoms with van der Waals surface area (Å²) in [5.74, 6) is 0.154. The molecule has 0 fully saturated rings. The van der Waals surface area contributed by atoms with Crippen LogP contribution in [0.2, 0.25) is 0 Å². The van der Waals surface area contributed by atoms with E-state index in [0.717, 1.165) is 23.0 Å². The third-order valence-corrected chi connectivity index (χ3v) is 4.28. The maximum absolute atomic E-state index is 12.3. The fraction of sp³-hybridized carbons (Fsp3) is 0.235. The number of fused-ring (bicyclic) bond motifs is 1. The summed E-state index contributed by atoms with van der Waals surface area (Å²) < 4.78 is 1.08. The molecule has 2 aromatic rings. The van der Waals surface area contributed by atoms with Gasteiger partial charge in [-0.1, -0.05) is 39.7 Å². The van der Waals surface area contributed by atoms with Crippen molar-refractivity contribution >= 4 is 27.5 Å². The topological polar surface area (TPSA) is 29.1 Å². The van der Waals surface area contributed by atoms with Crippen molar-refractivity contribution in [2.45, 2.75) is 19.8 Å². The summed E-state index contributed by atoms with van der Waals surface area (Å²) in [6.07, 6.45) is 1.66. The Morgan fingerprint density at radius 2 is 1.80 bits per heavy atom. The van der Waals surface area contributed by atoms with Crippen LogP contribution in [0, 0.1) is 12.8 Å². The Kier molecular flexibility index (Phi) is 3.62. The molecule has 102 valence electrons. The third kappa shape index (κ3) is 2.78. The molecule has 0 aliphatic heterocycles. The second-order valence-electron chi connectivity index (χ2n) is 5.37. The number of rotatable bonds is 2. The largest absolute Gasteiger partial charge is 0.326 e. The number of hydrogen-bond donors (Lipinski definition) is 1. The van der Waals surface area contributed by atoms with E-state index in [2.05, 4.69) is 33.4 Å². The first-order valence-electron chi connectivity index (χ1n) is 6.76. The number of anilines is 1. The van der Waals surface area contributed by atoms with Crippen molar-refractivity contribution < 1.29 is 4.79 Å². The number of aryl methyl sites for hydroxylation is 1. The van der Waals surface area contributed by atoms with Crippen LogP contribution in [-0.2, 0) is 17.6 Å². The van der Waals surface area contributed by atoms with Crippen molar-refractivity contribution in [2.75, 3.05) is 5.32 Å². The minimum absolute atomic E-state index is 0.0422. The molecule has 1 aliphatic carbocycles. The average Bonchev–Trinajstić information content (AvgIpc) is 2.84. The number of hydrogen-bond acceptors (Lipinski definition) is 1. The zero-order chi connectivity index (χ0) is 14.1. The van der Waals surface area contributed by atoms with Crippen molar-refractivity contribution in [3.63, 3.8) is 0 Å². The van der Waals surface area contributed by atoms with E-state index in [-0.39, 0.29) is 11.8 Å². The fourth-order valence-electron chi connectivity index (χ4n) is 2.65. The standard InChI is InChI=1S/C17H16BrNO/c1-11-2-6-16(7-3-11)19-17(20)14-8-12-4-5-15(18)10-13(12)9-14/h2-7,10,14H,8-9H2,1H3,(H,19,20). The molecule has 0 aromatic heterocycles. The summed E-state index contributed by atoms with van der Waals surface area (Å²) in [6.45, 7) is 2.04. The Bertz CT molecular complexity index is 649. The Morgan fingerprint density at radius 1 is 1.10 bits per heavy atom. The zero-order valence-corrected chi connectivity index (χ0v) is 12.9. The molecule has 0 radical (unpaired) electrons. The molecule has 2 aromatic carbocycles. The van der Waals surface area contributed by atoms with Gasteiger partial charge in [-0.3, -0.25) is 4.79 Å². The average molecular weight is 330 g/mol. The SMILES string of the molecule is Cc1ccc(NC(=O)C2Cc3ccc(Br)cc3C2)cc1. The molecule has 3 rings (SSSR count). The van der Waals surface area contributed by atoms with Gasteiger partial charge in [0.05, 0.1) is 0 Å². The van der Waals surface area contributed by atoms with Gasteiger partial charge in [-0.25, -0.2) is 0 Å². The summed E-state index contributed by atoms with van der Waals surface area (Å²) in [5, 5.41) is 3.01. The molecular weight excluding hydrogens is 314 g/mol. The minimum atomic E-state index is 0.0422. The lowest BCUT2D eigenvalue weighted by Gasteiger charge is -2.10. The number of carbonyl (C=O) groups is 1. The molecule has 3 heteroatoms. The van der Waals surface area contributed by atoms with Gasteiger partial charge >= 0.3 is 0 Å². The second kappa shape index (κ2) is 5.41. The molecule has 0 saturated heterocycles. The summed E-state index contributed by atoms with van der Waals surface area (Å²) >= 11 is 3.48. The highest BCUT2D eigenvalue weighted by atomic mass is 79.9. The van der Waals surface area contributed by atoms with Gasteiger partial charge in [0.25, 0.3) is 0 Å². The van der Waals surface area contributed by atoms with Gasteiger partial charge in [0.2, 0.25) is 5.91 Å². The molecule has 1 N–H and O–H groups in total. The maximum atomic E-state index is 12.3. The molecule has 20 heavy (non-hydrogen) atoms. The van der Waals surface area contributed by atoms with Crippen LogP contribution < -0.4 is 5.32 Å². The van der Waals surface area contributed by atoms with Crippen molar-refractivity contribution in [1.82, 2.24) is 0 Å². The molecule has 0 spiro atoms. The van der Waals surface area contributed by atoms with Gasteiger partial charge in [0.1, 0.15) is 0 Å². The first-order valence-corrected chi connectivity index (χ1v) is 7.56. The normalized spacial score (nSPS) is 16.8. The highest BCUT2D eigenvalue weighted by Gasteiger charge is 2.27. The summed E-state index contributed by atoms with van der Waals surface area (Å²) in [7, 11) is 0. The van der Waals surface area contributed by atoms with E-state index in [1.165, 1.54) is 16.7 Å². The van der Waals surface area contributed by atoms with Crippen LogP contribution in [-0.4, -0.2) is 5.91 Å². The minimum Gasteiger partial charge on any atom is -0.326 e. The molecule has 0 bridgehead atoms. The molecular formula is C17H16BrNO. The Labute approximate surface area is 127 Å². The summed E-state index contributed by atoms with van der Waals surface area (Å²) in [4.78, 5) is 12.3. The Balaban J connectivity index is 1.69. The Hall–Kier alpha value is -1.61. The van der Waals surface area contributed by atoms with Gasteiger partial charge < -0.3 is 5.32 Å². The van der Waals surface area contributed by atoms with Crippen LogP contribution in [0.3, 0.4) is 0 Å². The van der Waals surface area contributed by atoms with Gasteiger partial charge in [-0.05, 0) is 55.2 Å². The predicted molar refractivity (Wildman–Crippen MR) is 84.8 cm³/mol. The van der Waals surface area contributed by atoms with Gasteiger partial charge in [-0.15, -0.1) is 0 Å². The molecule has 1 unspecified atom stereocenters. The van der Waals surface area contributed by atoms with Crippen LogP contribution in [0.25, 0.3) is 0 Å². The first-order chi connectivity index (χ1) is 9.61. The van der Waals surface area contributed by atoms with Crippen molar-refractivity contribution in [3.05, 3.63) is 63.6 Å². The number of amides is 1. The lowest BCUT2D eigenvalue weighted by atomic mass is 10.1. The van der Waals surface area contributed by atoms with E-state index < -0.39 is 0 Å². The Morgan fingerprint density at radius 3 is 2.55 bits per heavy atom. The van der Waals surface area contributed by atoms with Gasteiger partial charge in [-0.2, -0.15) is 0 Å². The fourth-order valence-corrected chi connectivity index (χ4v) is 3.06. The van der Waals surface area contributed by atoms with Gasteiger partial charge in [0, 0.05) is 16.1 Å². The number of benzene rings is 2. The van der Waals surface area contributed by atoms with Crippen LogP contribution in [0.4, 0.5) is 5.69 Å². The summed E-state index contributed by atoms with van der Waals surface area (Å²) in [6, 6.07) is 14.2. The van der Waals surface area contributed by atoms with E-state index in [1.807, 2.05) is 37.3 Å².